The Morgan fingerprint density at radius 2 is 2.00 bits per heavy atom. The molecule has 1 aromatic carbocycles. The Balaban J connectivity index is 0.00000420. The van der Waals surface area contributed by atoms with E-state index in [4.69, 9.17) is 4.74 Å². The molecule has 0 aromatic heterocycles. The fourth-order valence-electron chi connectivity index (χ4n) is 3.05. The zero-order chi connectivity index (χ0) is 20.6. The third kappa shape index (κ3) is 8.63. The highest BCUT2D eigenvalue weighted by Gasteiger charge is 2.21. The van der Waals surface area contributed by atoms with Crippen LogP contribution in [0.1, 0.15) is 32.3 Å². The first-order valence-electron chi connectivity index (χ1n) is 9.76. The molecule has 1 aromatic rings. The summed E-state index contributed by atoms with van der Waals surface area (Å²) in [5, 5.41) is 3.22. The molecule has 1 aliphatic heterocycles. The zero-order valence-electron chi connectivity index (χ0n) is 17.3. The van der Waals surface area contributed by atoms with Gasteiger partial charge in [0.05, 0.1) is 24.1 Å². The molecule has 0 atom stereocenters. The number of piperidine rings is 1. The largest absolute Gasteiger partial charge is 0.378 e. The van der Waals surface area contributed by atoms with E-state index in [1.54, 1.807) is 19.1 Å². The van der Waals surface area contributed by atoms with E-state index < -0.39 is 15.8 Å². The summed E-state index contributed by atoms with van der Waals surface area (Å²) in [6.45, 7) is 8.80. The maximum Gasteiger partial charge on any atom is 0.234 e. The number of hydrogen-bond acceptors (Lipinski definition) is 4. The number of guanidine groups is 1. The summed E-state index contributed by atoms with van der Waals surface area (Å²) in [6.07, 6.45) is 2.14. The zero-order valence-corrected chi connectivity index (χ0v) is 20.4. The van der Waals surface area contributed by atoms with E-state index in [1.807, 2.05) is 13.8 Å². The van der Waals surface area contributed by atoms with E-state index in [9.17, 15) is 12.8 Å². The van der Waals surface area contributed by atoms with Crippen LogP contribution in [0.5, 0.6) is 0 Å². The van der Waals surface area contributed by atoms with Crippen LogP contribution in [0.2, 0.25) is 0 Å². The minimum Gasteiger partial charge on any atom is -0.378 e. The van der Waals surface area contributed by atoms with Crippen molar-refractivity contribution >= 4 is 45.6 Å². The van der Waals surface area contributed by atoms with Crippen molar-refractivity contribution < 1.29 is 17.5 Å². The predicted octanol–water partition coefficient (Wildman–Crippen LogP) is 2.96. The quantitative estimate of drug-likeness (QED) is 0.300. The van der Waals surface area contributed by atoms with Gasteiger partial charge >= 0.3 is 0 Å². The Bertz CT molecular complexity index is 769. The van der Waals surface area contributed by atoms with Gasteiger partial charge in [-0.25, -0.2) is 12.8 Å². The summed E-state index contributed by atoms with van der Waals surface area (Å²) >= 11 is 0. The number of nitrogens with one attached hydrogen (secondary N) is 2. The van der Waals surface area contributed by atoms with Gasteiger partial charge in [-0.2, -0.15) is 0 Å². The van der Waals surface area contributed by atoms with Gasteiger partial charge in [0, 0.05) is 26.2 Å². The number of ether oxygens (including phenoxy) is 1. The molecule has 1 fully saturated rings. The number of aryl methyl sites for hydroxylation is 1. The second-order valence-electron chi connectivity index (χ2n) is 6.76. The monoisotopic (exact) mass is 542 g/mol. The smallest absolute Gasteiger partial charge is 0.234 e. The highest BCUT2D eigenvalue weighted by Crippen LogP contribution is 2.16. The van der Waals surface area contributed by atoms with Crippen LogP contribution >= 0.6 is 24.0 Å². The van der Waals surface area contributed by atoms with Gasteiger partial charge in [0.25, 0.3) is 0 Å². The van der Waals surface area contributed by atoms with Crippen LogP contribution in [0.4, 0.5) is 10.1 Å². The van der Waals surface area contributed by atoms with Crippen molar-refractivity contribution in [2.24, 2.45) is 4.99 Å². The van der Waals surface area contributed by atoms with Gasteiger partial charge in [-0.3, -0.25) is 9.71 Å². The normalized spacial score (nSPS) is 15.7. The molecule has 0 radical (unpaired) electrons. The Hall–Kier alpha value is -1.14. The molecule has 29 heavy (non-hydrogen) atoms. The van der Waals surface area contributed by atoms with Crippen LogP contribution in [-0.4, -0.2) is 63.9 Å². The first-order chi connectivity index (χ1) is 13.3. The summed E-state index contributed by atoms with van der Waals surface area (Å²) < 4.78 is 46.2. The van der Waals surface area contributed by atoms with Crippen molar-refractivity contribution in [3.8, 4) is 0 Å². The summed E-state index contributed by atoms with van der Waals surface area (Å²) in [4.78, 5) is 6.60. The maximum atomic E-state index is 13.6. The number of anilines is 1. The van der Waals surface area contributed by atoms with Crippen molar-refractivity contribution in [1.82, 2.24) is 10.2 Å². The molecule has 0 bridgehead atoms. The molecular weight excluding hydrogens is 510 g/mol. The number of rotatable bonds is 8. The van der Waals surface area contributed by atoms with Gasteiger partial charge < -0.3 is 15.0 Å². The highest BCUT2D eigenvalue weighted by atomic mass is 127. The van der Waals surface area contributed by atoms with Crippen LogP contribution in [0.15, 0.2) is 23.2 Å². The first kappa shape index (κ1) is 25.9. The summed E-state index contributed by atoms with van der Waals surface area (Å²) in [6, 6.07) is 4.27. The third-order valence-electron chi connectivity index (χ3n) is 4.55. The fourth-order valence-corrected chi connectivity index (χ4v) is 3.97. The number of likely N-dealkylation sites (tertiary alicyclic amines) is 1. The second kappa shape index (κ2) is 12.5. The molecule has 0 unspecified atom stereocenters. The average Bonchev–Trinajstić information content (AvgIpc) is 2.65. The minimum absolute atomic E-state index is 0. The Kier molecular flexibility index (Phi) is 11.2. The first-order valence-corrected chi connectivity index (χ1v) is 11.4. The topological polar surface area (TPSA) is 83.0 Å². The molecule has 1 saturated heterocycles. The molecule has 2 N–H and O–H groups in total. The fraction of sp³-hybridized carbons (Fsp3) is 0.632. The van der Waals surface area contributed by atoms with Gasteiger partial charge in [0.15, 0.2) is 5.96 Å². The SMILES string of the molecule is CCNC(=NCCS(=O)(=O)Nc1ccc(C)c(F)c1)N1CCC(OCC)CC1.I. The van der Waals surface area contributed by atoms with Crippen molar-refractivity contribution in [1.29, 1.82) is 0 Å². The summed E-state index contributed by atoms with van der Waals surface area (Å²) in [5.41, 5.74) is 0.688. The Labute approximate surface area is 190 Å². The van der Waals surface area contributed by atoms with Crippen molar-refractivity contribution in [3.05, 3.63) is 29.6 Å². The van der Waals surface area contributed by atoms with Gasteiger partial charge in [-0.05, 0) is 51.3 Å². The molecule has 0 aliphatic carbocycles. The van der Waals surface area contributed by atoms with E-state index in [0.717, 1.165) is 25.9 Å². The van der Waals surface area contributed by atoms with Crippen LogP contribution in [0.25, 0.3) is 0 Å². The molecule has 0 saturated carbocycles. The van der Waals surface area contributed by atoms with Gasteiger partial charge in [0.1, 0.15) is 5.82 Å². The Morgan fingerprint density at radius 1 is 1.31 bits per heavy atom. The standard InChI is InChI=1S/C19H31FN4O3S.HI/c1-4-21-19(24-11-8-17(9-12-24)27-5-2)22-10-13-28(25,26)23-16-7-6-15(3)18(20)14-16;/h6-7,14,17,23H,4-5,8-13H2,1-3H3,(H,21,22);1H. The predicted molar refractivity (Wildman–Crippen MR) is 126 cm³/mol. The molecule has 166 valence electrons. The number of nitrogens with zero attached hydrogens (tertiary/aromatic N) is 2. The minimum atomic E-state index is -3.61. The molecule has 10 heteroatoms. The van der Waals surface area contributed by atoms with Crippen LogP contribution in [0, 0.1) is 12.7 Å². The lowest BCUT2D eigenvalue weighted by Crippen LogP contribution is -2.47. The molecule has 0 amide bonds. The van der Waals surface area contributed by atoms with E-state index >= 15 is 0 Å². The van der Waals surface area contributed by atoms with Crippen LogP contribution in [-0.2, 0) is 14.8 Å². The van der Waals surface area contributed by atoms with Crippen molar-refractivity contribution in [2.45, 2.75) is 39.7 Å². The number of halogens is 2. The van der Waals surface area contributed by atoms with Gasteiger partial charge in [0.2, 0.25) is 10.0 Å². The van der Waals surface area contributed by atoms with E-state index in [-0.39, 0.29) is 48.1 Å². The third-order valence-corrected chi connectivity index (χ3v) is 5.81. The molecule has 0 spiro atoms. The highest BCUT2D eigenvalue weighted by molar-refractivity contribution is 14.0. The van der Waals surface area contributed by atoms with Crippen molar-refractivity contribution in [3.63, 3.8) is 0 Å². The number of sulfonamides is 1. The van der Waals surface area contributed by atoms with E-state index in [0.29, 0.717) is 24.7 Å². The lowest BCUT2D eigenvalue weighted by atomic mass is 10.1. The maximum absolute atomic E-state index is 13.6. The van der Waals surface area contributed by atoms with Crippen molar-refractivity contribution in [2.75, 3.05) is 43.3 Å². The summed E-state index contributed by atoms with van der Waals surface area (Å²) in [7, 11) is -3.61. The molecule has 2 rings (SSSR count). The lowest BCUT2D eigenvalue weighted by molar-refractivity contribution is 0.0264. The van der Waals surface area contributed by atoms with E-state index in [1.165, 1.54) is 6.07 Å². The lowest BCUT2D eigenvalue weighted by Gasteiger charge is -2.34. The number of aliphatic imine (C=N–C) groups is 1. The molecule has 1 aliphatic rings. The van der Waals surface area contributed by atoms with Crippen LogP contribution < -0.4 is 10.0 Å². The molecule has 7 nitrogen and oxygen atoms in total. The number of benzene rings is 1. The second-order valence-corrected chi connectivity index (χ2v) is 8.60. The average molecular weight is 542 g/mol. The van der Waals surface area contributed by atoms with Gasteiger partial charge in [-0.15, -0.1) is 24.0 Å². The van der Waals surface area contributed by atoms with E-state index in [2.05, 4.69) is 19.9 Å². The molecule has 1 heterocycles. The van der Waals surface area contributed by atoms with Gasteiger partial charge in [-0.1, -0.05) is 6.07 Å². The number of hydrogen-bond donors (Lipinski definition) is 2. The summed E-state index contributed by atoms with van der Waals surface area (Å²) in [5.74, 6) is 0.101. The van der Waals surface area contributed by atoms with Crippen LogP contribution in [0.3, 0.4) is 0 Å². The molecular formula is C19H32FIN4O3S. The Morgan fingerprint density at radius 3 is 2.59 bits per heavy atom.